The van der Waals surface area contributed by atoms with Crippen LogP contribution in [0.15, 0.2) is 65.8 Å². The van der Waals surface area contributed by atoms with Crippen LogP contribution in [0.2, 0.25) is 0 Å². The summed E-state index contributed by atoms with van der Waals surface area (Å²) in [6, 6.07) is 16.4. The molecule has 2 heterocycles. The van der Waals surface area contributed by atoms with Gasteiger partial charge in [0, 0.05) is 24.0 Å². The first kappa shape index (κ1) is 22.7. The third-order valence-corrected chi connectivity index (χ3v) is 6.25. The lowest BCUT2D eigenvalue weighted by Crippen LogP contribution is -2.26. The van der Waals surface area contributed by atoms with Crippen LogP contribution in [-0.4, -0.2) is 29.3 Å². The highest BCUT2D eigenvalue weighted by molar-refractivity contribution is 5.72. The predicted octanol–water partition coefficient (Wildman–Crippen LogP) is 4.90. The zero-order valence-corrected chi connectivity index (χ0v) is 19.8. The van der Waals surface area contributed by atoms with Gasteiger partial charge in [-0.15, -0.1) is 5.10 Å². The van der Waals surface area contributed by atoms with Crippen molar-refractivity contribution in [2.45, 2.75) is 59.5 Å². The van der Waals surface area contributed by atoms with Crippen LogP contribution in [0.3, 0.4) is 0 Å². The minimum absolute atomic E-state index is 0.0825. The van der Waals surface area contributed by atoms with E-state index in [2.05, 4.69) is 79.7 Å². The minimum Gasteiger partial charge on any atom is -0.299 e. The lowest BCUT2D eigenvalue weighted by atomic mass is 10.0. The zero-order valence-electron chi connectivity index (χ0n) is 19.8. The molecule has 0 radical (unpaired) electrons. The quantitative estimate of drug-likeness (QED) is 0.368. The monoisotopic (exact) mass is 444 g/mol. The molecule has 0 N–H and O–H groups in total. The van der Waals surface area contributed by atoms with Crippen molar-refractivity contribution in [2.75, 3.05) is 0 Å². The molecule has 0 saturated carbocycles. The summed E-state index contributed by atoms with van der Waals surface area (Å²) >= 11 is 0. The van der Waals surface area contributed by atoms with Crippen molar-refractivity contribution >= 4 is 0 Å². The smallest absolute Gasteiger partial charge is 0.299 e. The Hall–Kier alpha value is -3.48. The fraction of sp³-hybridized carbons (Fsp3) is 0.385. The molecule has 0 aliphatic carbocycles. The highest BCUT2D eigenvalue weighted by atomic mass is 16.1. The Balaban J connectivity index is 1.62. The maximum Gasteiger partial charge on any atom is 0.328 e. The highest BCUT2D eigenvalue weighted by Crippen LogP contribution is 2.27. The normalized spacial score (nSPS) is 12.4. The van der Waals surface area contributed by atoms with E-state index in [1.54, 1.807) is 11.0 Å². The molecule has 1 atom stereocenters. The molecular weight excluding hydrogens is 412 g/mol. The van der Waals surface area contributed by atoms with Gasteiger partial charge in [-0.05, 0) is 52.3 Å². The van der Waals surface area contributed by atoms with Gasteiger partial charge in [0.15, 0.2) is 0 Å². The SMILES string of the molecule is CCC(C)c1cn(CCC(C)C)c(=O)n1Cc1ccc(-c2ccccc2-n2cnnn2)cc1. The van der Waals surface area contributed by atoms with Crippen molar-refractivity contribution in [3.63, 3.8) is 0 Å². The highest BCUT2D eigenvalue weighted by Gasteiger charge is 2.16. The lowest BCUT2D eigenvalue weighted by Gasteiger charge is -2.13. The second-order valence-electron chi connectivity index (χ2n) is 9.08. The van der Waals surface area contributed by atoms with Gasteiger partial charge in [0.05, 0.1) is 12.2 Å². The van der Waals surface area contributed by atoms with E-state index in [-0.39, 0.29) is 5.69 Å². The summed E-state index contributed by atoms with van der Waals surface area (Å²) in [5.41, 5.74) is 5.35. The zero-order chi connectivity index (χ0) is 23.4. The number of rotatable bonds is 9. The molecule has 0 spiro atoms. The van der Waals surface area contributed by atoms with Gasteiger partial charge in [-0.3, -0.25) is 9.13 Å². The second-order valence-corrected chi connectivity index (χ2v) is 9.08. The number of benzene rings is 2. The summed E-state index contributed by atoms with van der Waals surface area (Å²) in [5.74, 6) is 0.900. The first-order chi connectivity index (χ1) is 16.0. The van der Waals surface area contributed by atoms with Gasteiger partial charge in [0.25, 0.3) is 0 Å². The summed E-state index contributed by atoms with van der Waals surface area (Å²) in [7, 11) is 0. The van der Waals surface area contributed by atoms with E-state index >= 15 is 0 Å². The second kappa shape index (κ2) is 9.98. The number of para-hydroxylation sites is 1. The average Bonchev–Trinajstić information content (AvgIpc) is 3.47. The van der Waals surface area contributed by atoms with Gasteiger partial charge in [0.1, 0.15) is 6.33 Å². The van der Waals surface area contributed by atoms with E-state index in [1.807, 2.05) is 27.3 Å². The van der Waals surface area contributed by atoms with Gasteiger partial charge >= 0.3 is 5.69 Å². The summed E-state index contributed by atoms with van der Waals surface area (Å²) in [5, 5.41) is 11.5. The van der Waals surface area contributed by atoms with Crippen molar-refractivity contribution in [1.82, 2.24) is 29.3 Å². The van der Waals surface area contributed by atoms with Crippen LogP contribution in [-0.2, 0) is 13.1 Å². The number of hydrogen-bond donors (Lipinski definition) is 0. The average molecular weight is 445 g/mol. The van der Waals surface area contributed by atoms with Gasteiger partial charge in [-0.1, -0.05) is 70.2 Å². The van der Waals surface area contributed by atoms with E-state index in [4.69, 9.17) is 0 Å². The third-order valence-electron chi connectivity index (χ3n) is 6.25. The summed E-state index contributed by atoms with van der Waals surface area (Å²) in [6.07, 6.45) is 5.66. The van der Waals surface area contributed by atoms with E-state index in [9.17, 15) is 4.79 Å². The van der Waals surface area contributed by atoms with Crippen LogP contribution < -0.4 is 5.69 Å². The van der Waals surface area contributed by atoms with Crippen LogP contribution in [0, 0.1) is 5.92 Å². The Morgan fingerprint density at radius 3 is 2.42 bits per heavy atom. The Kier molecular flexibility index (Phi) is 6.87. The molecule has 0 fully saturated rings. The molecule has 0 aliphatic rings. The summed E-state index contributed by atoms with van der Waals surface area (Å²) in [4.78, 5) is 13.2. The molecule has 1 unspecified atom stereocenters. The Bertz CT molecular complexity index is 1230. The number of aryl methyl sites for hydroxylation is 1. The van der Waals surface area contributed by atoms with Crippen molar-refractivity contribution in [3.8, 4) is 16.8 Å². The molecule has 4 aromatic rings. The van der Waals surface area contributed by atoms with Crippen LogP contribution >= 0.6 is 0 Å². The molecule has 0 saturated heterocycles. The maximum absolute atomic E-state index is 13.2. The topological polar surface area (TPSA) is 70.5 Å². The molecule has 33 heavy (non-hydrogen) atoms. The predicted molar refractivity (Wildman–Crippen MR) is 131 cm³/mol. The molecule has 7 nitrogen and oxygen atoms in total. The van der Waals surface area contributed by atoms with E-state index in [0.29, 0.717) is 18.4 Å². The number of nitrogens with zero attached hydrogens (tertiary/aromatic N) is 6. The van der Waals surface area contributed by atoms with Crippen molar-refractivity contribution in [2.24, 2.45) is 5.92 Å². The number of imidazole rings is 1. The number of aromatic nitrogens is 6. The number of tetrazole rings is 1. The molecule has 0 bridgehead atoms. The standard InChI is InChI=1S/C26H32N6O/c1-5-20(4)25-17-30(15-14-19(2)3)26(33)31(25)16-21-10-12-22(13-11-21)23-8-6-7-9-24(23)32-18-27-28-29-32/h6-13,17-20H,5,14-16H2,1-4H3. The van der Waals surface area contributed by atoms with Crippen LogP contribution in [0.25, 0.3) is 16.8 Å². The van der Waals surface area contributed by atoms with Crippen molar-refractivity contribution in [3.05, 3.63) is 82.8 Å². The Morgan fingerprint density at radius 2 is 1.76 bits per heavy atom. The molecule has 0 aliphatic heterocycles. The third kappa shape index (κ3) is 4.97. The van der Waals surface area contributed by atoms with E-state index in [0.717, 1.165) is 47.5 Å². The largest absolute Gasteiger partial charge is 0.328 e. The molecule has 172 valence electrons. The van der Waals surface area contributed by atoms with Gasteiger partial charge in [-0.2, -0.15) is 4.68 Å². The summed E-state index contributed by atoms with van der Waals surface area (Å²) < 4.78 is 5.50. The number of hydrogen-bond acceptors (Lipinski definition) is 4. The summed E-state index contributed by atoms with van der Waals surface area (Å²) in [6.45, 7) is 10.1. The van der Waals surface area contributed by atoms with Crippen molar-refractivity contribution < 1.29 is 0 Å². The first-order valence-electron chi connectivity index (χ1n) is 11.7. The fourth-order valence-electron chi connectivity index (χ4n) is 4.03. The van der Waals surface area contributed by atoms with Gasteiger partial charge < -0.3 is 0 Å². The fourth-order valence-corrected chi connectivity index (χ4v) is 4.03. The molecule has 4 rings (SSSR count). The van der Waals surface area contributed by atoms with Crippen LogP contribution in [0.4, 0.5) is 0 Å². The molecule has 2 aromatic heterocycles. The Morgan fingerprint density at radius 1 is 1.00 bits per heavy atom. The van der Waals surface area contributed by atoms with E-state index in [1.165, 1.54) is 0 Å². The molecule has 2 aromatic carbocycles. The van der Waals surface area contributed by atoms with Crippen LogP contribution in [0.5, 0.6) is 0 Å². The molecular formula is C26H32N6O. The Labute approximate surface area is 194 Å². The maximum atomic E-state index is 13.2. The van der Waals surface area contributed by atoms with Crippen molar-refractivity contribution in [1.29, 1.82) is 0 Å². The first-order valence-corrected chi connectivity index (χ1v) is 11.7. The van der Waals surface area contributed by atoms with E-state index < -0.39 is 0 Å². The lowest BCUT2D eigenvalue weighted by molar-refractivity contribution is 0.502. The molecule has 7 heteroatoms. The van der Waals surface area contributed by atoms with Gasteiger partial charge in [0.2, 0.25) is 0 Å². The molecule has 0 amide bonds. The van der Waals surface area contributed by atoms with Crippen LogP contribution in [0.1, 0.15) is 57.7 Å². The van der Waals surface area contributed by atoms with Gasteiger partial charge in [-0.25, -0.2) is 4.79 Å². The minimum atomic E-state index is 0.0825.